The molecule has 0 aliphatic carbocycles. The molecule has 0 atom stereocenters. The van der Waals surface area contributed by atoms with Crippen molar-refractivity contribution in [3.63, 3.8) is 0 Å². The van der Waals surface area contributed by atoms with Crippen molar-refractivity contribution >= 4 is 73.3 Å². The second kappa shape index (κ2) is 17.7. The molecule has 0 saturated heterocycles. The Bertz CT molecular complexity index is 3130. The number of para-hydroxylation sites is 1. The monoisotopic (exact) mass is 856 g/mol. The number of ether oxygens (including phenoxy) is 1. The third-order valence-electron chi connectivity index (χ3n) is 10.8. The fourth-order valence-electron chi connectivity index (χ4n) is 7.50. The summed E-state index contributed by atoms with van der Waals surface area (Å²) in [5.41, 5.74) is 8.36. The van der Waals surface area contributed by atoms with Gasteiger partial charge < -0.3 is 19.8 Å². The molecule has 0 aliphatic rings. The van der Waals surface area contributed by atoms with Gasteiger partial charge in [0.2, 0.25) is 0 Å². The molecule has 63 heavy (non-hydrogen) atoms. The van der Waals surface area contributed by atoms with Gasteiger partial charge >= 0.3 is 5.97 Å². The van der Waals surface area contributed by atoms with E-state index < -0.39 is 23.2 Å². The van der Waals surface area contributed by atoms with E-state index in [-0.39, 0.29) is 34.8 Å². The first-order chi connectivity index (χ1) is 30.6. The first-order valence-electron chi connectivity index (χ1n) is 20.1. The summed E-state index contributed by atoms with van der Waals surface area (Å²) >= 11 is 1.38. The number of hydrogen-bond acceptors (Lipinski definition) is 11. The Kier molecular flexibility index (Phi) is 11.4. The third kappa shape index (κ3) is 9.15. The van der Waals surface area contributed by atoms with E-state index in [4.69, 9.17) is 9.15 Å². The highest BCUT2D eigenvalue weighted by atomic mass is 32.1. The molecule has 0 saturated carbocycles. The van der Waals surface area contributed by atoms with E-state index >= 15 is 0 Å². The predicted octanol–water partition coefficient (Wildman–Crippen LogP) is 8.13. The maximum absolute atomic E-state index is 13.9. The molecule has 0 bridgehead atoms. The fraction of sp³-hybridized carbons (Fsp3) is 0.146. The molecule has 2 amide bonds. The van der Waals surface area contributed by atoms with Crippen LogP contribution in [-0.4, -0.2) is 53.8 Å². The number of fused-ring (bicyclic) bond motifs is 3. The van der Waals surface area contributed by atoms with Crippen LogP contribution in [0, 0.1) is 0 Å². The minimum Gasteiger partial charge on any atom is -0.456 e. The van der Waals surface area contributed by atoms with E-state index in [0.29, 0.717) is 16.8 Å². The number of hydrogen-bond donors (Lipinski definition) is 2. The maximum Gasteiger partial charge on any atom is 0.338 e. The van der Waals surface area contributed by atoms with Gasteiger partial charge in [-0.25, -0.2) is 9.78 Å². The SMILES string of the molecule is Cn1ncc2cc(CN(CCc3ccc(NC(=O)c4ccc(C(=O)OCc5cscn5)cc4NC(=O)c4cc(=O)c5ccccc5o4)cc3)Cc3ccc4c(cnn4C)c3)ccc21. The molecule has 4 aromatic heterocycles. The lowest BCUT2D eigenvalue weighted by molar-refractivity contribution is 0.0468. The van der Waals surface area contributed by atoms with E-state index in [9.17, 15) is 19.2 Å². The van der Waals surface area contributed by atoms with Crippen molar-refractivity contribution in [1.82, 2.24) is 29.4 Å². The Hall–Kier alpha value is -7.75. The number of esters is 1. The van der Waals surface area contributed by atoms with Crippen molar-refractivity contribution in [3.8, 4) is 0 Å². The zero-order valence-corrected chi connectivity index (χ0v) is 35.1. The number of aryl methyl sites for hydroxylation is 2. The van der Waals surface area contributed by atoms with Crippen molar-refractivity contribution in [2.24, 2.45) is 14.1 Å². The smallest absolute Gasteiger partial charge is 0.338 e. The van der Waals surface area contributed by atoms with Gasteiger partial charge in [0.1, 0.15) is 12.2 Å². The van der Waals surface area contributed by atoms with Crippen molar-refractivity contribution < 1.29 is 23.5 Å². The number of aromatic nitrogens is 5. The highest BCUT2D eigenvalue weighted by Crippen LogP contribution is 2.24. The van der Waals surface area contributed by atoms with Crippen molar-refractivity contribution in [3.05, 3.63) is 182 Å². The second-order valence-corrected chi connectivity index (χ2v) is 15.9. The number of anilines is 2. The molecule has 2 N–H and O–H groups in total. The third-order valence-corrected chi connectivity index (χ3v) is 11.4. The van der Waals surface area contributed by atoms with Gasteiger partial charge in [-0.15, -0.1) is 11.3 Å². The molecule has 4 heterocycles. The molecule has 0 fully saturated rings. The topological polar surface area (TPSA) is 166 Å². The van der Waals surface area contributed by atoms with Crippen LogP contribution in [0.1, 0.15) is 53.7 Å². The van der Waals surface area contributed by atoms with E-state index in [2.05, 4.69) is 67.1 Å². The lowest BCUT2D eigenvalue weighted by Crippen LogP contribution is -2.25. The molecule has 0 spiro atoms. The first kappa shape index (κ1) is 40.6. The quantitative estimate of drug-likeness (QED) is 0.102. The van der Waals surface area contributed by atoms with Crippen molar-refractivity contribution in [2.45, 2.75) is 26.1 Å². The Morgan fingerprint density at radius 3 is 2.13 bits per heavy atom. The molecular formula is C48H40N8O6S. The lowest BCUT2D eigenvalue weighted by atomic mass is 10.1. The van der Waals surface area contributed by atoms with E-state index in [0.717, 1.165) is 59.5 Å². The minimum absolute atomic E-state index is 0.0125. The van der Waals surface area contributed by atoms with Gasteiger partial charge in [0.05, 0.1) is 56.8 Å². The van der Waals surface area contributed by atoms with Crippen molar-refractivity contribution in [2.75, 3.05) is 17.2 Å². The van der Waals surface area contributed by atoms with Crippen LogP contribution in [0.5, 0.6) is 0 Å². The summed E-state index contributed by atoms with van der Waals surface area (Å²) in [6, 6.07) is 32.4. The molecule has 0 unspecified atom stereocenters. The number of amides is 2. The average Bonchev–Trinajstić information content (AvgIpc) is 4.05. The van der Waals surface area contributed by atoms with Gasteiger partial charge in [-0.05, 0) is 89.8 Å². The van der Waals surface area contributed by atoms with Crippen LogP contribution in [0.4, 0.5) is 11.4 Å². The minimum atomic E-state index is -0.784. The molecule has 9 rings (SSSR count). The maximum atomic E-state index is 13.9. The van der Waals surface area contributed by atoms with Crippen LogP contribution in [-0.2, 0) is 44.9 Å². The number of benzene rings is 5. The van der Waals surface area contributed by atoms with Gasteiger partial charge in [0.15, 0.2) is 11.2 Å². The zero-order chi connectivity index (χ0) is 43.5. The Morgan fingerprint density at radius 1 is 0.762 bits per heavy atom. The van der Waals surface area contributed by atoms with Gasteiger partial charge in [-0.3, -0.25) is 28.6 Å². The van der Waals surface area contributed by atoms with Crippen LogP contribution >= 0.6 is 11.3 Å². The summed E-state index contributed by atoms with van der Waals surface area (Å²) in [6.07, 6.45) is 4.53. The zero-order valence-electron chi connectivity index (χ0n) is 34.3. The summed E-state index contributed by atoms with van der Waals surface area (Å²) in [6.45, 7) is 2.19. The first-order valence-corrected chi connectivity index (χ1v) is 21.0. The Balaban J connectivity index is 0.913. The number of nitrogens with zero attached hydrogens (tertiary/aromatic N) is 6. The van der Waals surface area contributed by atoms with E-state index in [1.54, 1.807) is 35.2 Å². The highest BCUT2D eigenvalue weighted by Gasteiger charge is 2.21. The number of carbonyl (C=O) groups is 3. The normalized spacial score (nSPS) is 11.4. The fourth-order valence-corrected chi connectivity index (χ4v) is 8.04. The lowest BCUT2D eigenvalue weighted by Gasteiger charge is -2.23. The van der Waals surface area contributed by atoms with Gasteiger partial charge in [0.25, 0.3) is 11.8 Å². The largest absolute Gasteiger partial charge is 0.456 e. The molecule has 0 aliphatic heterocycles. The average molecular weight is 857 g/mol. The number of carbonyl (C=O) groups excluding carboxylic acids is 3. The Morgan fingerprint density at radius 2 is 1.44 bits per heavy atom. The molecule has 15 heteroatoms. The van der Waals surface area contributed by atoms with Crippen LogP contribution in [0.3, 0.4) is 0 Å². The predicted molar refractivity (Wildman–Crippen MR) is 242 cm³/mol. The second-order valence-electron chi connectivity index (χ2n) is 15.2. The van der Waals surface area contributed by atoms with Gasteiger partial charge in [-0.2, -0.15) is 10.2 Å². The standard InChI is InChI=1S/C48H40N8O6S/c1-54-41-15-9-31(19-34(41)23-50-54)25-56(26-32-10-16-42-35(20-32)24-51-55(42)2)18-17-30-7-12-36(13-8-30)52-46(58)38-14-11-33(48(60)61-27-37-28-63-29-49-37)21-40(38)53-47(59)45-22-43(57)39-5-3-4-6-44(39)62-45/h3-16,19-24,28-29H,17-18,25-27H2,1-2H3,(H,52,58)(H,53,59). The highest BCUT2D eigenvalue weighted by molar-refractivity contribution is 7.07. The summed E-state index contributed by atoms with van der Waals surface area (Å²) in [4.78, 5) is 59.9. The summed E-state index contributed by atoms with van der Waals surface area (Å²) < 4.78 is 14.9. The molecule has 9 aromatic rings. The molecule has 0 radical (unpaired) electrons. The van der Waals surface area contributed by atoms with Gasteiger partial charge in [0, 0.05) is 61.6 Å². The number of rotatable bonds is 14. The molecule has 14 nitrogen and oxygen atoms in total. The summed E-state index contributed by atoms with van der Waals surface area (Å²) in [7, 11) is 3.88. The van der Waals surface area contributed by atoms with Crippen LogP contribution in [0.25, 0.3) is 32.8 Å². The Labute approximate surface area is 364 Å². The number of thiazole rings is 1. The van der Waals surface area contributed by atoms with Crippen LogP contribution in [0.2, 0.25) is 0 Å². The summed E-state index contributed by atoms with van der Waals surface area (Å²) in [5.74, 6) is -2.27. The van der Waals surface area contributed by atoms with E-state index in [1.807, 2.05) is 60.1 Å². The van der Waals surface area contributed by atoms with E-state index in [1.165, 1.54) is 40.7 Å². The number of nitrogens with one attached hydrogen (secondary N) is 2. The molecule has 5 aromatic carbocycles. The van der Waals surface area contributed by atoms with Gasteiger partial charge in [-0.1, -0.05) is 36.4 Å². The molecular weight excluding hydrogens is 817 g/mol. The van der Waals surface area contributed by atoms with Crippen molar-refractivity contribution in [1.29, 1.82) is 0 Å². The molecule has 314 valence electrons. The van der Waals surface area contributed by atoms with Crippen LogP contribution < -0.4 is 16.1 Å². The summed E-state index contributed by atoms with van der Waals surface area (Å²) in [5, 5.41) is 18.7. The van der Waals surface area contributed by atoms with Crippen LogP contribution in [0.15, 0.2) is 142 Å².